The van der Waals surface area contributed by atoms with Gasteiger partial charge in [0.2, 0.25) is 0 Å². The summed E-state index contributed by atoms with van der Waals surface area (Å²) in [6.07, 6.45) is 0. The summed E-state index contributed by atoms with van der Waals surface area (Å²) >= 11 is 0. The third-order valence-corrected chi connectivity index (χ3v) is 5.14. The van der Waals surface area contributed by atoms with Crippen molar-refractivity contribution < 1.29 is 18.4 Å². The smallest absolute Gasteiger partial charge is 0.305 e. The van der Waals surface area contributed by atoms with Gasteiger partial charge in [-0.2, -0.15) is 0 Å². The number of hydrazine groups is 1. The standard InChI is InChI=1S/C22H27N3O4/c1-6-25(7-2)12-16-10-11-17(28-16)21(26)23-24-22(27)20-15(5)18-13(3)8-9-14(4)19(18)29-20/h8-11H,6-7,12H2,1-5H3,(H,23,26)(H,24,27). The Morgan fingerprint density at radius 2 is 1.55 bits per heavy atom. The number of nitrogens with zero attached hydrogens (tertiary/aromatic N) is 1. The van der Waals surface area contributed by atoms with Gasteiger partial charge in [-0.25, -0.2) is 0 Å². The highest BCUT2D eigenvalue weighted by Crippen LogP contribution is 2.30. The Balaban J connectivity index is 1.68. The van der Waals surface area contributed by atoms with Crippen molar-refractivity contribution in [3.8, 4) is 0 Å². The number of hydrogen-bond donors (Lipinski definition) is 2. The molecule has 1 aromatic carbocycles. The van der Waals surface area contributed by atoms with Crippen LogP contribution in [0.15, 0.2) is 33.1 Å². The minimum absolute atomic E-state index is 0.139. The Morgan fingerprint density at radius 3 is 2.21 bits per heavy atom. The average molecular weight is 397 g/mol. The van der Waals surface area contributed by atoms with Gasteiger partial charge in [0.25, 0.3) is 0 Å². The van der Waals surface area contributed by atoms with Gasteiger partial charge in [0.15, 0.2) is 11.5 Å². The predicted octanol–water partition coefficient (Wildman–Crippen LogP) is 3.87. The molecule has 3 aromatic rings. The molecule has 154 valence electrons. The first-order valence-electron chi connectivity index (χ1n) is 9.76. The zero-order chi connectivity index (χ0) is 21.1. The molecule has 0 saturated heterocycles. The van der Waals surface area contributed by atoms with Crippen LogP contribution in [0.3, 0.4) is 0 Å². The third-order valence-electron chi connectivity index (χ3n) is 5.14. The Bertz CT molecular complexity index is 1040. The Morgan fingerprint density at radius 1 is 0.897 bits per heavy atom. The zero-order valence-corrected chi connectivity index (χ0v) is 17.5. The highest BCUT2D eigenvalue weighted by atomic mass is 16.4. The molecule has 0 fully saturated rings. The zero-order valence-electron chi connectivity index (χ0n) is 17.5. The molecule has 0 atom stereocenters. The number of carbonyl (C=O) groups is 2. The Labute approximate surface area is 170 Å². The summed E-state index contributed by atoms with van der Waals surface area (Å²) in [4.78, 5) is 27.1. The van der Waals surface area contributed by atoms with Crippen LogP contribution in [0, 0.1) is 20.8 Å². The van der Waals surface area contributed by atoms with Gasteiger partial charge in [0.1, 0.15) is 11.3 Å². The van der Waals surface area contributed by atoms with E-state index in [2.05, 4.69) is 29.6 Å². The van der Waals surface area contributed by atoms with E-state index in [0.29, 0.717) is 17.9 Å². The van der Waals surface area contributed by atoms with Crippen molar-refractivity contribution >= 4 is 22.8 Å². The second kappa shape index (κ2) is 8.53. The van der Waals surface area contributed by atoms with Gasteiger partial charge in [-0.1, -0.05) is 26.0 Å². The fraction of sp³-hybridized carbons (Fsp3) is 0.364. The lowest BCUT2D eigenvalue weighted by atomic mass is 10.0. The van der Waals surface area contributed by atoms with Crippen molar-refractivity contribution in [2.75, 3.05) is 13.1 Å². The predicted molar refractivity (Wildman–Crippen MR) is 111 cm³/mol. The number of furan rings is 2. The van der Waals surface area contributed by atoms with Gasteiger partial charge >= 0.3 is 11.8 Å². The largest absolute Gasteiger partial charge is 0.454 e. The number of aryl methyl sites for hydroxylation is 3. The van der Waals surface area contributed by atoms with Crippen LogP contribution < -0.4 is 10.9 Å². The lowest BCUT2D eigenvalue weighted by Gasteiger charge is -2.15. The van der Waals surface area contributed by atoms with Gasteiger partial charge < -0.3 is 8.83 Å². The van der Waals surface area contributed by atoms with Crippen LogP contribution >= 0.6 is 0 Å². The number of benzene rings is 1. The molecular formula is C22H27N3O4. The van der Waals surface area contributed by atoms with Crippen molar-refractivity contribution in [2.45, 2.75) is 41.2 Å². The molecule has 0 aliphatic heterocycles. The second-order valence-electron chi connectivity index (χ2n) is 7.10. The first-order chi connectivity index (χ1) is 13.8. The minimum Gasteiger partial charge on any atom is -0.454 e. The van der Waals surface area contributed by atoms with Gasteiger partial charge in [0, 0.05) is 10.9 Å². The van der Waals surface area contributed by atoms with Crippen LogP contribution in [-0.2, 0) is 6.54 Å². The first kappa shape index (κ1) is 20.7. The third kappa shape index (κ3) is 4.19. The van der Waals surface area contributed by atoms with Gasteiger partial charge in [-0.05, 0) is 57.1 Å². The number of rotatable bonds is 6. The van der Waals surface area contributed by atoms with Crippen LogP contribution in [0.5, 0.6) is 0 Å². The highest BCUT2D eigenvalue weighted by molar-refractivity contribution is 6.02. The van der Waals surface area contributed by atoms with E-state index in [0.717, 1.165) is 35.2 Å². The molecule has 0 bridgehead atoms. The number of hydrogen-bond acceptors (Lipinski definition) is 5. The molecule has 2 N–H and O–H groups in total. The Hall–Kier alpha value is -3.06. The quantitative estimate of drug-likeness (QED) is 0.617. The van der Waals surface area contributed by atoms with Crippen LogP contribution in [-0.4, -0.2) is 29.8 Å². The second-order valence-corrected chi connectivity index (χ2v) is 7.10. The van der Waals surface area contributed by atoms with Crippen LogP contribution in [0.4, 0.5) is 0 Å². The normalized spacial score (nSPS) is 11.2. The number of fused-ring (bicyclic) bond motifs is 1. The maximum Gasteiger partial charge on any atom is 0.305 e. The van der Waals surface area contributed by atoms with Crippen molar-refractivity contribution in [1.82, 2.24) is 15.8 Å². The topological polar surface area (TPSA) is 87.7 Å². The summed E-state index contributed by atoms with van der Waals surface area (Å²) < 4.78 is 11.4. The first-order valence-corrected chi connectivity index (χ1v) is 9.76. The van der Waals surface area contributed by atoms with Gasteiger partial charge in [-0.3, -0.25) is 25.3 Å². The average Bonchev–Trinajstić information content (AvgIpc) is 3.32. The fourth-order valence-electron chi connectivity index (χ4n) is 3.38. The summed E-state index contributed by atoms with van der Waals surface area (Å²) in [6, 6.07) is 7.32. The summed E-state index contributed by atoms with van der Waals surface area (Å²) in [7, 11) is 0. The van der Waals surface area contributed by atoms with E-state index < -0.39 is 11.8 Å². The summed E-state index contributed by atoms with van der Waals surface area (Å²) in [5.74, 6) is -0.0184. The van der Waals surface area contributed by atoms with Crippen molar-refractivity contribution in [1.29, 1.82) is 0 Å². The van der Waals surface area contributed by atoms with Crippen molar-refractivity contribution in [3.63, 3.8) is 0 Å². The number of carbonyl (C=O) groups excluding carboxylic acids is 2. The fourth-order valence-corrected chi connectivity index (χ4v) is 3.38. The van der Waals surface area contributed by atoms with Gasteiger partial charge in [-0.15, -0.1) is 0 Å². The molecule has 7 heteroatoms. The Kier molecular flexibility index (Phi) is 6.08. The van der Waals surface area contributed by atoms with E-state index in [1.807, 2.05) is 32.9 Å². The van der Waals surface area contributed by atoms with Gasteiger partial charge in [0.05, 0.1) is 6.54 Å². The number of amides is 2. The molecule has 0 saturated carbocycles. The molecule has 0 aliphatic carbocycles. The molecule has 2 heterocycles. The number of nitrogens with one attached hydrogen (secondary N) is 2. The monoisotopic (exact) mass is 397 g/mol. The van der Waals surface area contributed by atoms with Crippen molar-refractivity contribution in [2.24, 2.45) is 0 Å². The molecule has 2 amide bonds. The van der Waals surface area contributed by atoms with Crippen LogP contribution in [0.25, 0.3) is 11.0 Å². The minimum atomic E-state index is -0.523. The molecular weight excluding hydrogens is 370 g/mol. The maximum atomic E-state index is 12.6. The summed E-state index contributed by atoms with van der Waals surface area (Å²) in [6.45, 7) is 12.3. The molecule has 3 rings (SSSR count). The van der Waals surface area contributed by atoms with Crippen LogP contribution in [0.1, 0.15) is 57.4 Å². The lowest BCUT2D eigenvalue weighted by molar-refractivity contribution is 0.0815. The van der Waals surface area contributed by atoms with Crippen molar-refractivity contribution in [3.05, 3.63) is 58.2 Å². The molecule has 29 heavy (non-hydrogen) atoms. The lowest BCUT2D eigenvalue weighted by Crippen LogP contribution is -2.41. The van der Waals surface area contributed by atoms with Crippen LogP contribution in [0.2, 0.25) is 0 Å². The summed E-state index contributed by atoms with van der Waals surface area (Å²) in [5.41, 5.74) is 8.21. The molecule has 0 aliphatic rings. The molecule has 0 unspecified atom stereocenters. The molecule has 2 aromatic heterocycles. The maximum absolute atomic E-state index is 12.6. The molecule has 7 nitrogen and oxygen atoms in total. The summed E-state index contributed by atoms with van der Waals surface area (Å²) in [5, 5.41) is 0.925. The van der Waals surface area contributed by atoms with E-state index >= 15 is 0 Å². The molecule has 0 spiro atoms. The van der Waals surface area contributed by atoms with E-state index in [1.165, 1.54) is 0 Å². The van der Waals surface area contributed by atoms with E-state index in [4.69, 9.17) is 8.83 Å². The van der Waals surface area contributed by atoms with E-state index in [-0.39, 0.29) is 11.5 Å². The highest BCUT2D eigenvalue weighted by Gasteiger charge is 2.21. The SMILES string of the molecule is CCN(CC)Cc1ccc(C(=O)NNC(=O)c2oc3c(C)ccc(C)c3c2C)o1. The molecule has 0 radical (unpaired) electrons. The van der Waals surface area contributed by atoms with E-state index in [1.54, 1.807) is 12.1 Å². The van der Waals surface area contributed by atoms with E-state index in [9.17, 15) is 9.59 Å².